The number of rotatable bonds is 23. The Labute approximate surface area is 268 Å². The van der Waals surface area contributed by atoms with Crippen molar-refractivity contribution in [3.8, 4) is 0 Å². The van der Waals surface area contributed by atoms with E-state index >= 15 is 0 Å². The molecule has 1 aromatic carbocycles. The van der Waals surface area contributed by atoms with Crippen molar-refractivity contribution < 1.29 is 33.5 Å². The van der Waals surface area contributed by atoms with E-state index in [0.29, 0.717) is 19.4 Å². The standard InChI is InChI=1S/C37H64O7/c1-6-7-8-9-10-11-12-13-14-18-23-34-35(44-37(3,40-5)36(2,39-4)43-34)27-25-32(38)33-26-24-31(42-33)22-19-28-41-29-30-20-16-15-17-21-30/h15-17,20-21,31-35,38H,6-14,18-19,22-29H2,1-5H3/t31-,32+,33+,34+,35-,36-,37-/m1/s1. The third-order valence-electron chi connectivity index (χ3n) is 9.86. The van der Waals surface area contributed by atoms with Crippen molar-refractivity contribution in [1.82, 2.24) is 0 Å². The molecule has 1 aromatic rings. The van der Waals surface area contributed by atoms with E-state index in [0.717, 1.165) is 45.1 Å². The number of hydrogen-bond acceptors (Lipinski definition) is 7. The normalized spacial score (nSPS) is 29.7. The predicted octanol–water partition coefficient (Wildman–Crippen LogP) is 8.49. The van der Waals surface area contributed by atoms with Gasteiger partial charge in [0.05, 0.1) is 37.1 Å². The third-order valence-corrected chi connectivity index (χ3v) is 9.86. The van der Waals surface area contributed by atoms with E-state index in [1.165, 1.54) is 63.4 Å². The Morgan fingerprint density at radius 3 is 1.98 bits per heavy atom. The van der Waals surface area contributed by atoms with Gasteiger partial charge in [0.25, 0.3) is 0 Å². The van der Waals surface area contributed by atoms with Gasteiger partial charge in [0.1, 0.15) is 0 Å². The zero-order valence-electron chi connectivity index (χ0n) is 28.6. The van der Waals surface area contributed by atoms with Crippen molar-refractivity contribution in [3.63, 3.8) is 0 Å². The maximum absolute atomic E-state index is 11.1. The number of unbranched alkanes of at least 4 members (excludes halogenated alkanes) is 9. The fourth-order valence-corrected chi connectivity index (χ4v) is 6.66. The highest BCUT2D eigenvalue weighted by atomic mass is 16.8. The summed E-state index contributed by atoms with van der Waals surface area (Å²) in [6, 6.07) is 10.3. The Kier molecular flexibility index (Phi) is 17.2. The van der Waals surface area contributed by atoms with E-state index in [4.69, 9.17) is 28.4 Å². The van der Waals surface area contributed by atoms with E-state index in [1.807, 2.05) is 32.0 Å². The Hall–Kier alpha value is -1.06. The fourth-order valence-electron chi connectivity index (χ4n) is 6.66. The molecule has 0 saturated carbocycles. The largest absolute Gasteiger partial charge is 0.390 e. The minimum atomic E-state index is -1.04. The lowest BCUT2D eigenvalue weighted by molar-refractivity contribution is -0.449. The van der Waals surface area contributed by atoms with Gasteiger partial charge in [-0.05, 0) is 64.4 Å². The second-order valence-corrected chi connectivity index (χ2v) is 13.3. The molecule has 7 atom stereocenters. The molecule has 0 unspecified atom stereocenters. The molecular weight excluding hydrogens is 556 g/mol. The second kappa shape index (κ2) is 20.2. The Bertz CT molecular complexity index is 869. The molecule has 0 aliphatic carbocycles. The van der Waals surface area contributed by atoms with E-state index in [1.54, 1.807) is 14.2 Å². The molecule has 0 aromatic heterocycles. The number of benzene rings is 1. The molecule has 0 amide bonds. The summed E-state index contributed by atoms with van der Waals surface area (Å²) in [5.41, 5.74) is 1.20. The average Bonchev–Trinajstić information content (AvgIpc) is 3.52. The first-order valence-electron chi connectivity index (χ1n) is 17.7. The first-order chi connectivity index (χ1) is 21.3. The summed E-state index contributed by atoms with van der Waals surface area (Å²) in [5, 5.41) is 11.1. The summed E-state index contributed by atoms with van der Waals surface area (Å²) in [6.45, 7) is 7.41. The second-order valence-electron chi connectivity index (χ2n) is 13.3. The molecule has 254 valence electrons. The first kappa shape index (κ1) is 37.4. The van der Waals surface area contributed by atoms with Gasteiger partial charge in [-0.15, -0.1) is 0 Å². The number of methoxy groups -OCH3 is 2. The van der Waals surface area contributed by atoms with Crippen molar-refractivity contribution in [2.45, 2.75) is 179 Å². The summed E-state index contributed by atoms with van der Waals surface area (Å²) in [6.07, 6.45) is 18.2. The molecule has 3 rings (SSSR count). The highest BCUT2D eigenvalue weighted by Crippen LogP contribution is 2.42. The maximum atomic E-state index is 11.1. The number of ether oxygens (including phenoxy) is 6. The summed E-state index contributed by atoms with van der Waals surface area (Å²) in [7, 11) is 3.28. The van der Waals surface area contributed by atoms with Crippen molar-refractivity contribution in [3.05, 3.63) is 35.9 Å². The lowest BCUT2D eigenvalue weighted by Gasteiger charge is -2.52. The highest BCUT2D eigenvalue weighted by Gasteiger charge is 2.56. The molecule has 2 aliphatic rings. The van der Waals surface area contributed by atoms with Gasteiger partial charge in [0.2, 0.25) is 11.6 Å². The van der Waals surface area contributed by atoms with Crippen LogP contribution in [-0.2, 0) is 35.0 Å². The summed E-state index contributed by atoms with van der Waals surface area (Å²) < 4.78 is 36.9. The van der Waals surface area contributed by atoms with Gasteiger partial charge >= 0.3 is 0 Å². The van der Waals surface area contributed by atoms with Crippen LogP contribution in [-0.4, -0.2) is 68.0 Å². The van der Waals surface area contributed by atoms with Gasteiger partial charge < -0.3 is 33.5 Å². The van der Waals surface area contributed by atoms with E-state index < -0.39 is 17.7 Å². The van der Waals surface area contributed by atoms with Crippen molar-refractivity contribution in [2.75, 3.05) is 20.8 Å². The fraction of sp³-hybridized carbons (Fsp3) is 0.838. The van der Waals surface area contributed by atoms with Crippen LogP contribution in [0.2, 0.25) is 0 Å². The van der Waals surface area contributed by atoms with Crippen molar-refractivity contribution in [2.24, 2.45) is 0 Å². The van der Waals surface area contributed by atoms with Crippen LogP contribution in [0.3, 0.4) is 0 Å². The molecule has 7 nitrogen and oxygen atoms in total. The van der Waals surface area contributed by atoms with Crippen LogP contribution in [0.5, 0.6) is 0 Å². The monoisotopic (exact) mass is 620 g/mol. The van der Waals surface area contributed by atoms with Crippen molar-refractivity contribution >= 4 is 0 Å². The quantitative estimate of drug-likeness (QED) is 0.123. The van der Waals surface area contributed by atoms with Gasteiger partial charge in [0.15, 0.2) is 0 Å². The van der Waals surface area contributed by atoms with Crippen LogP contribution in [0, 0.1) is 0 Å². The van der Waals surface area contributed by atoms with Gasteiger partial charge in [-0.3, -0.25) is 0 Å². The van der Waals surface area contributed by atoms with Gasteiger partial charge in [0, 0.05) is 20.8 Å². The Balaban J connectivity index is 1.39. The lowest BCUT2D eigenvalue weighted by atomic mass is 9.94. The smallest absolute Gasteiger partial charge is 0.220 e. The first-order valence-corrected chi connectivity index (χ1v) is 17.7. The minimum Gasteiger partial charge on any atom is -0.390 e. The van der Waals surface area contributed by atoms with Crippen LogP contribution in [0.1, 0.15) is 135 Å². The molecule has 1 N–H and O–H groups in total. The number of aliphatic hydroxyl groups is 1. The Morgan fingerprint density at radius 2 is 1.36 bits per heavy atom. The van der Waals surface area contributed by atoms with Crippen LogP contribution >= 0.6 is 0 Å². The Morgan fingerprint density at radius 1 is 0.773 bits per heavy atom. The molecule has 44 heavy (non-hydrogen) atoms. The lowest BCUT2D eigenvalue weighted by Crippen LogP contribution is -2.65. The van der Waals surface area contributed by atoms with Crippen LogP contribution < -0.4 is 0 Å². The average molecular weight is 621 g/mol. The van der Waals surface area contributed by atoms with E-state index in [9.17, 15) is 5.11 Å². The van der Waals surface area contributed by atoms with Crippen LogP contribution in [0.15, 0.2) is 30.3 Å². The predicted molar refractivity (Wildman–Crippen MR) is 176 cm³/mol. The summed E-state index contributed by atoms with van der Waals surface area (Å²) in [5.74, 6) is -2.05. The van der Waals surface area contributed by atoms with Crippen molar-refractivity contribution in [1.29, 1.82) is 0 Å². The zero-order chi connectivity index (χ0) is 31.7. The van der Waals surface area contributed by atoms with Gasteiger partial charge in [-0.2, -0.15) is 0 Å². The zero-order valence-corrected chi connectivity index (χ0v) is 28.6. The number of aliphatic hydroxyl groups excluding tert-OH is 1. The molecule has 7 heteroatoms. The maximum Gasteiger partial charge on any atom is 0.220 e. The van der Waals surface area contributed by atoms with E-state index in [-0.39, 0.29) is 24.4 Å². The molecule has 0 radical (unpaired) electrons. The SMILES string of the molecule is CCCCCCCCCCCC[C@@H]1O[C@@](C)(OC)[C@](C)(OC)O[C@@H]1CC[C@H](O)[C@@H]1CC[C@@H](CCCOCc2ccccc2)O1. The molecule has 0 bridgehead atoms. The molecule has 2 fully saturated rings. The molecule has 2 saturated heterocycles. The minimum absolute atomic E-state index is 0.113. The van der Waals surface area contributed by atoms with Gasteiger partial charge in [-0.25, -0.2) is 0 Å². The third kappa shape index (κ3) is 11.9. The molecule has 2 heterocycles. The number of hydrogen-bond donors (Lipinski definition) is 1. The van der Waals surface area contributed by atoms with Gasteiger partial charge in [-0.1, -0.05) is 101 Å². The molecule has 2 aliphatic heterocycles. The van der Waals surface area contributed by atoms with Crippen LogP contribution in [0.25, 0.3) is 0 Å². The van der Waals surface area contributed by atoms with E-state index in [2.05, 4.69) is 19.1 Å². The summed E-state index contributed by atoms with van der Waals surface area (Å²) >= 11 is 0. The summed E-state index contributed by atoms with van der Waals surface area (Å²) in [4.78, 5) is 0. The van der Waals surface area contributed by atoms with Crippen LogP contribution in [0.4, 0.5) is 0 Å². The molecular formula is C37H64O7. The highest BCUT2D eigenvalue weighted by molar-refractivity contribution is 5.13. The topological polar surface area (TPSA) is 75.6 Å². The molecule has 0 spiro atoms.